The Bertz CT molecular complexity index is 260. The molecule has 0 spiro atoms. The van der Waals surface area contributed by atoms with E-state index in [0.717, 1.165) is 25.9 Å². The van der Waals surface area contributed by atoms with Gasteiger partial charge < -0.3 is 15.7 Å². The summed E-state index contributed by atoms with van der Waals surface area (Å²) in [5, 5.41) is 14.8. The Morgan fingerprint density at radius 3 is 2.31 bits per heavy atom. The first-order valence-corrected chi connectivity index (χ1v) is 5.76. The van der Waals surface area contributed by atoms with Crippen LogP contribution in [-0.2, 0) is 9.59 Å². The average Bonchev–Trinajstić information content (AvgIpc) is 2.25. The molecule has 0 aromatic carbocycles. The van der Waals surface area contributed by atoms with Gasteiger partial charge in [-0.05, 0) is 31.8 Å². The molecular formula is C11H20N2O3. The Hall–Kier alpha value is -1.10. The monoisotopic (exact) mass is 228 g/mol. The summed E-state index contributed by atoms with van der Waals surface area (Å²) in [6.07, 6.45) is 1.58. The minimum Gasteiger partial charge on any atom is -0.480 e. The Morgan fingerprint density at radius 2 is 1.88 bits per heavy atom. The Kier molecular flexibility index (Phi) is 4.73. The third-order valence-corrected chi connectivity index (χ3v) is 2.94. The molecule has 3 N–H and O–H groups in total. The van der Waals surface area contributed by atoms with Crippen LogP contribution in [0, 0.1) is 11.8 Å². The molecule has 1 fully saturated rings. The molecule has 1 rings (SSSR count). The van der Waals surface area contributed by atoms with E-state index in [9.17, 15) is 9.59 Å². The predicted molar refractivity (Wildman–Crippen MR) is 60.0 cm³/mol. The number of carbonyl (C=O) groups is 2. The molecule has 0 bridgehead atoms. The molecule has 0 radical (unpaired) electrons. The van der Waals surface area contributed by atoms with Gasteiger partial charge in [-0.2, -0.15) is 0 Å². The van der Waals surface area contributed by atoms with Gasteiger partial charge in [-0.25, -0.2) is 4.79 Å². The first kappa shape index (κ1) is 13.0. The van der Waals surface area contributed by atoms with E-state index in [1.165, 1.54) is 0 Å². The molecule has 0 aromatic heterocycles. The zero-order chi connectivity index (χ0) is 12.1. The van der Waals surface area contributed by atoms with Gasteiger partial charge in [0, 0.05) is 5.92 Å². The second-order valence-electron chi connectivity index (χ2n) is 4.59. The van der Waals surface area contributed by atoms with Crippen molar-refractivity contribution < 1.29 is 14.7 Å². The summed E-state index contributed by atoms with van der Waals surface area (Å²) >= 11 is 0. The molecule has 0 aromatic rings. The molecule has 5 heteroatoms. The van der Waals surface area contributed by atoms with E-state index in [-0.39, 0.29) is 17.7 Å². The van der Waals surface area contributed by atoms with Crippen LogP contribution in [0.4, 0.5) is 0 Å². The van der Waals surface area contributed by atoms with Crippen molar-refractivity contribution in [1.82, 2.24) is 10.6 Å². The molecular weight excluding hydrogens is 208 g/mol. The van der Waals surface area contributed by atoms with Gasteiger partial charge in [0.1, 0.15) is 6.04 Å². The van der Waals surface area contributed by atoms with E-state index in [2.05, 4.69) is 10.6 Å². The first-order chi connectivity index (χ1) is 7.52. The smallest absolute Gasteiger partial charge is 0.326 e. The van der Waals surface area contributed by atoms with Gasteiger partial charge in [-0.3, -0.25) is 4.79 Å². The second kappa shape index (κ2) is 5.84. The van der Waals surface area contributed by atoms with Gasteiger partial charge in [0.15, 0.2) is 0 Å². The minimum atomic E-state index is -0.961. The van der Waals surface area contributed by atoms with Gasteiger partial charge in [0.05, 0.1) is 0 Å². The Labute approximate surface area is 95.6 Å². The lowest BCUT2D eigenvalue weighted by atomic mass is 9.95. The summed E-state index contributed by atoms with van der Waals surface area (Å²) in [6, 6.07) is -0.776. The lowest BCUT2D eigenvalue weighted by Gasteiger charge is -2.25. The number of carboxylic acids is 1. The average molecular weight is 228 g/mol. The number of aliphatic carboxylic acids is 1. The Morgan fingerprint density at radius 1 is 1.31 bits per heavy atom. The highest BCUT2D eigenvalue weighted by atomic mass is 16.4. The number of rotatable bonds is 4. The Balaban J connectivity index is 2.50. The number of carboxylic acid groups (broad SMARTS) is 1. The third kappa shape index (κ3) is 3.48. The molecule has 1 heterocycles. The maximum atomic E-state index is 11.8. The van der Waals surface area contributed by atoms with Crippen LogP contribution in [0.5, 0.6) is 0 Å². The summed E-state index contributed by atoms with van der Waals surface area (Å²) in [7, 11) is 0. The van der Waals surface area contributed by atoms with Crippen LogP contribution in [0.3, 0.4) is 0 Å². The fourth-order valence-corrected chi connectivity index (χ4v) is 1.87. The molecule has 1 amide bonds. The molecule has 1 saturated heterocycles. The van der Waals surface area contributed by atoms with Gasteiger partial charge in [0.25, 0.3) is 0 Å². The zero-order valence-corrected chi connectivity index (χ0v) is 9.82. The topological polar surface area (TPSA) is 78.4 Å². The van der Waals surface area contributed by atoms with Gasteiger partial charge in [-0.1, -0.05) is 13.8 Å². The number of carbonyl (C=O) groups excluding carboxylic acids is 1. The summed E-state index contributed by atoms with van der Waals surface area (Å²) < 4.78 is 0. The maximum absolute atomic E-state index is 11.8. The SMILES string of the molecule is CC(C)[C@H](NC(=O)C1CCNCC1)C(=O)O. The lowest BCUT2D eigenvalue weighted by molar-refractivity contribution is -0.143. The van der Waals surface area contributed by atoms with Crippen LogP contribution in [0.1, 0.15) is 26.7 Å². The van der Waals surface area contributed by atoms with E-state index >= 15 is 0 Å². The number of nitrogens with one attached hydrogen (secondary N) is 2. The van der Waals surface area contributed by atoms with Crippen LogP contribution in [0.2, 0.25) is 0 Å². The highest BCUT2D eigenvalue weighted by Gasteiger charge is 2.27. The predicted octanol–water partition coefficient (Wildman–Crippen LogP) is 0.211. The zero-order valence-electron chi connectivity index (χ0n) is 9.82. The third-order valence-electron chi connectivity index (χ3n) is 2.94. The van der Waals surface area contributed by atoms with Gasteiger partial charge >= 0.3 is 5.97 Å². The van der Waals surface area contributed by atoms with E-state index in [1.807, 2.05) is 0 Å². The molecule has 92 valence electrons. The molecule has 0 unspecified atom stereocenters. The summed E-state index contributed by atoms with van der Waals surface area (Å²) in [6.45, 7) is 5.25. The van der Waals surface area contributed by atoms with Crippen LogP contribution in [0.15, 0.2) is 0 Å². The van der Waals surface area contributed by atoms with Crippen molar-refractivity contribution in [3.8, 4) is 0 Å². The fourth-order valence-electron chi connectivity index (χ4n) is 1.87. The maximum Gasteiger partial charge on any atom is 0.326 e. The van der Waals surface area contributed by atoms with E-state index in [1.54, 1.807) is 13.8 Å². The van der Waals surface area contributed by atoms with Crippen molar-refractivity contribution in [3.05, 3.63) is 0 Å². The highest BCUT2D eigenvalue weighted by molar-refractivity contribution is 5.85. The number of hydrogen-bond donors (Lipinski definition) is 3. The first-order valence-electron chi connectivity index (χ1n) is 5.76. The summed E-state index contributed by atoms with van der Waals surface area (Å²) in [5.41, 5.74) is 0. The van der Waals surface area contributed by atoms with E-state index < -0.39 is 12.0 Å². The van der Waals surface area contributed by atoms with Crippen LogP contribution in [-0.4, -0.2) is 36.1 Å². The number of piperidine rings is 1. The number of amides is 1. The molecule has 1 aliphatic rings. The van der Waals surface area contributed by atoms with Crippen molar-refractivity contribution >= 4 is 11.9 Å². The number of hydrogen-bond acceptors (Lipinski definition) is 3. The lowest BCUT2D eigenvalue weighted by Crippen LogP contribution is -2.48. The van der Waals surface area contributed by atoms with Gasteiger partial charge in [-0.15, -0.1) is 0 Å². The van der Waals surface area contributed by atoms with E-state index in [0.29, 0.717) is 0 Å². The van der Waals surface area contributed by atoms with Crippen LogP contribution < -0.4 is 10.6 Å². The summed E-state index contributed by atoms with van der Waals surface area (Å²) in [5.74, 6) is -1.22. The standard InChI is InChI=1S/C11H20N2O3/c1-7(2)9(11(15)16)13-10(14)8-3-5-12-6-4-8/h7-9,12H,3-6H2,1-2H3,(H,13,14)(H,15,16)/t9-/m0/s1. The molecule has 16 heavy (non-hydrogen) atoms. The molecule has 5 nitrogen and oxygen atoms in total. The van der Waals surface area contributed by atoms with Crippen molar-refractivity contribution in [2.24, 2.45) is 11.8 Å². The van der Waals surface area contributed by atoms with Gasteiger partial charge in [0.2, 0.25) is 5.91 Å². The molecule has 0 saturated carbocycles. The van der Waals surface area contributed by atoms with Crippen molar-refractivity contribution in [2.45, 2.75) is 32.7 Å². The summed E-state index contributed by atoms with van der Waals surface area (Å²) in [4.78, 5) is 22.7. The van der Waals surface area contributed by atoms with Crippen molar-refractivity contribution in [3.63, 3.8) is 0 Å². The normalized spacial score (nSPS) is 19.4. The van der Waals surface area contributed by atoms with Crippen LogP contribution in [0.25, 0.3) is 0 Å². The molecule has 1 atom stereocenters. The van der Waals surface area contributed by atoms with E-state index in [4.69, 9.17) is 5.11 Å². The molecule has 1 aliphatic heterocycles. The highest BCUT2D eigenvalue weighted by Crippen LogP contribution is 2.13. The van der Waals surface area contributed by atoms with Crippen molar-refractivity contribution in [2.75, 3.05) is 13.1 Å². The fraction of sp³-hybridized carbons (Fsp3) is 0.818. The second-order valence-corrected chi connectivity index (χ2v) is 4.59. The molecule has 0 aliphatic carbocycles. The largest absolute Gasteiger partial charge is 0.480 e. The minimum absolute atomic E-state index is 0.0400. The quantitative estimate of drug-likeness (QED) is 0.643. The van der Waals surface area contributed by atoms with Crippen LogP contribution >= 0.6 is 0 Å². The van der Waals surface area contributed by atoms with Crippen molar-refractivity contribution in [1.29, 1.82) is 0 Å².